The molecule has 5 heteroatoms. The van der Waals surface area contributed by atoms with Crippen molar-refractivity contribution < 1.29 is 4.79 Å². The summed E-state index contributed by atoms with van der Waals surface area (Å²) in [5.41, 5.74) is 3.19. The van der Waals surface area contributed by atoms with Gasteiger partial charge in [0.2, 0.25) is 5.91 Å². The SMILES string of the molecule is CC(=O)N1CC[C@@H](Cc2ccc(-c3ccnn3C)nc2)C1. The lowest BCUT2D eigenvalue weighted by atomic mass is 10.00. The van der Waals surface area contributed by atoms with E-state index in [-0.39, 0.29) is 5.91 Å². The maximum Gasteiger partial charge on any atom is 0.219 e. The van der Waals surface area contributed by atoms with Crippen molar-refractivity contribution in [3.05, 3.63) is 36.2 Å². The van der Waals surface area contributed by atoms with Crippen LogP contribution in [0.3, 0.4) is 0 Å². The number of amides is 1. The molecule has 1 atom stereocenters. The van der Waals surface area contributed by atoms with E-state index in [2.05, 4.69) is 16.1 Å². The van der Waals surface area contributed by atoms with Gasteiger partial charge in [0, 0.05) is 39.5 Å². The Kier molecular flexibility index (Phi) is 3.73. The van der Waals surface area contributed by atoms with Crippen LogP contribution in [0.25, 0.3) is 11.4 Å². The molecule has 0 spiro atoms. The molecule has 2 aromatic rings. The summed E-state index contributed by atoms with van der Waals surface area (Å²) in [6, 6.07) is 6.14. The lowest BCUT2D eigenvalue weighted by molar-refractivity contribution is -0.127. The van der Waals surface area contributed by atoms with Crippen molar-refractivity contribution in [3.8, 4) is 11.4 Å². The first-order valence-electron chi connectivity index (χ1n) is 7.32. The van der Waals surface area contributed by atoms with Crippen LogP contribution in [0.15, 0.2) is 30.6 Å². The van der Waals surface area contributed by atoms with Gasteiger partial charge in [-0.25, -0.2) is 0 Å². The van der Waals surface area contributed by atoms with Crippen LogP contribution in [0.5, 0.6) is 0 Å². The summed E-state index contributed by atoms with van der Waals surface area (Å²) >= 11 is 0. The monoisotopic (exact) mass is 284 g/mol. The molecule has 3 rings (SSSR count). The molecule has 0 aliphatic carbocycles. The third-order valence-corrected chi connectivity index (χ3v) is 4.16. The van der Waals surface area contributed by atoms with Crippen LogP contribution in [-0.2, 0) is 18.3 Å². The molecule has 0 bridgehead atoms. The standard InChI is InChI=1S/C16H20N4O/c1-12(21)20-8-6-14(11-20)9-13-3-4-15(17-10-13)16-5-7-18-19(16)2/h3-5,7,10,14H,6,8-9,11H2,1-2H3/t14-/m0/s1. The zero-order chi connectivity index (χ0) is 14.8. The molecule has 1 amide bonds. The van der Waals surface area contributed by atoms with Gasteiger partial charge in [0.15, 0.2) is 0 Å². The number of aromatic nitrogens is 3. The Hall–Kier alpha value is -2.17. The van der Waals surface area contributed by atoms with Gasteiger partial charge in [0.1, 0.15) is 0 Å². The number of pyridine rings is 1. The van der Waals surface area contributed by atoms with E-state index < -0.39 is 0 Å². The summed E-state index contributed by atoms with van der Waals surface area (Å²) in [6.07, 6.45) is 5.80. The minimum Gasteiger partial charge on any atom is -0.343 e. The van der Waals surface area contributed by atoms with Gasteiger partial charge in [-0.2, -0.15) is 5.10 Å². The van der Waals surface area contributed by atoms with E-state index in [0.29, 0.717) is 5.92 Å². The zero-order valence-corrected chi connectivity index (χ0v) is 12.5. The van der Waals surface area contributed by atoms with Crippen molar-refractivity contribution in [1.29, 1.82) is 0 Å². The van der Waals surface area contributed by atoms with E-state index in [9.17, 15) is 4.79 Å². The molecule has 0 N–H and O–H groups in total. The van der Waals surface area contributed by atoms with Gasteiger partial charge in [-0.15, -0.1) is 0 Å². The molecule has 0 unspecified atom stereocenters. The van der Waals surface area contributed by atoms with Crippen LogP contribution in [0.1, 0.15) is 18.9 Å². The number of hydrogen-bond acceptors (Lipinski definition) is 3. The highest BCUT2D eigenvalue weighted by atomic mass is 16.2. The third kappa shape index (κ3) is 2.96. The average molecular weight is 284 g/mol. The zero-order valence-electron chi connectivity index (χ0n) is 12.5. The Balaban J connectivity index is 1.66. The van der Waals surface area contributed by atoms with Gasteiger partial charge in [-0.05, 0) is 36.5 Å². The topological polar surface area (TPSA) is 51.0 Å². The molecule has 2 aromatic heterocycles. The Bertz CT molecular complexity index is 632. The molecule has 5 nitrogen and oxygen atoms in total. The van der Waals surface area contributed by atoms with Crippen molar-refractivity contribution in [2.24, 2.45) is 13.0 Å². The molecular formula is C16H20N4O. The number of nitrogens with zero attached hydrogens (tertiary/aromatic N) is 4. The van der Waals surface area contributed by atoms with Gasteiger partial charge in [0.25, 0.3) is 0 Å². The molecule has 1 saturated heterocycles. The summed E-state index contributed by atoms with van der Waals surface area (Å²) in [7, 11) is 1.92. The molecular weight excluding hydrogens is 264 g/mol. The number of hydrogen-bond donors (Lipinski definition) is 0. The van der Waals surface area contributed by atoms with Gasteiger partial charge in [-0.3, -0.25) is 14.5 Å². The van der Waals surface area contributed by atoms with Crippen LogP contribution in [0.2, 0.25) is 0 Å². The first kappa shape index (κ1) is 13.8. The molecule has 0 saturated carbocycles. The number of rotatable bonds is 3. The second-order valence-electron chi connectivity index (χ2n) is 5.72. The average Bonchev–Trinajstić information content (AvgIpc) is 3.09. The molecule has 21 heavy (non-hydrogen) atoms. The maximum atomic E-state index is 11.4. The van der Waals surface area contributed by atoms with Crippen molar-refractivity contribution >= 4 is 5.91 Å². The van der Waals surface area contributed by atoms with Crippen molar-refractivity contribution in [2.75, 3.05) is 13.1 Å². The van der Waals surface area contributed by atoms with E-state index >= 15 is 0 Å². The minimum atomic E-state index is 0.183. The highest BCUT2D eigenvalue weighted by molar-refractivity contribution is 5.73. The summed E-state index contributed by atoms with van der Waals surface area (Å²) < 4.78 is 1.82. The van der Waals surface area contributed by atoms with Crippen LogP contribution in [0.4, 0.5) is 0 Å². The lowest BCUT2D eigenvalue weighted by Gasteiger charge is -2.14. The van der Waals surface area contributed by atoms with E-state index in [1.807, 2.05) is 35.0 Å². The highest BCUT2D eigenvalue weighted by Gasteiger charge is 2.24. The fourth-order valence-electron chi connectivity index (χ4n) is 2.94. The summed E-state index contributed by atoms with van der Waals surface area (Å²) in [5, 5.41) is 4.16. The van der Waals surface area contributed by atoms with E-state index in [1.165, 1.54) is 5.56 Å². The van der Waals surface area contributed by atoms with Crippen LogP contribution >= 0.6 is 0 Å². The highest BCUT2D eigenvalue weighted by Crippen LogP contribution is 2.22. The Morgan fingerprint density at radius 1 is 1.38 bits per heavy atom. The van der Waals surface area contributed by atoms with Crippen LogP contribution in [0, 0.1) is 5.92 Å². The molecule has 3 heterocycles. The molecule has 110 valence electrons. The van der Waals surface area contributed by atoms with E-state index in [4.69, 9.17) is 0 Å². The van der Waals surface area contributed by atoms with Gasteiger partial charge in [0.05, 0.1) is 11.4 Å². The molecule has 0 aromatic carbocycles. The van der Waals surface area contributed by atoms with Crippen molar-refractivity contribution in [3.63, 3.8) is 0 Å². The molecule has 1 fully saturated rings. The van der Waals surface area contributed by atoms with E-state index in [1.54, 1.807) is 13.1 Å². The second kappa shape index (κ2) is 5.68. The first-order chi connectivity index (χ1) is 10.1. The van der Waals surface area contributed by atoms with Crippen molar-refractivity contribution in [1.82, 2.24) is 19.7 Å². The Labute approximate surface area is 124 Å². The normalized spacial score (nSPS) is 18.2. The first-order valence-corrected chi connectivity index (χ1v) is 7.32. The van der Waals surface area contributed by atoms with Gasteiger partial charge < -0.3 is 4.90 Å². The van der Waals surface area contributed by atoms with Gasteiger partial charge >= 0.3 is 0 Å². The molecule has 1 aliphatic heterocycles. The quantitative estimate of drug-likeness (QED) is 0.865. The largest absolute Gasteiger partial charge is 0.343 e. The number of carbonyl (C=O) groups excluding carboxylic acids is 1. The fraction of sp³-hybridized carbons (Fsp3) is 0.438. The minimum absolute atomic E-state index is 0.183. The summed E-state index contributed by atoms with van der Waals surface area (Å²) in [5.74, 6) is 0.737. The molecule has 0 radical (unpaired) electrons. The second-order valence-corrected chi connectivity index (χ2v) is 5.72. The number of aryl methyl sites for hydroxylation is 1. The number of carbonyl (C=O) groups is 1. The smallest absolute Gasteiger partial charge is 0.219 e. The van der Waals surface area contributed by atoms with Crippen LogP contribution in [-0.4, -0.2) is 38.7 Å². The van der Waals surface area contributed by atoms with Crippen LogP contribution < -0.4 is 0 Å². The lowest BCUT2D eigenvalue weighted by Crippen LogP contribution is -2.26. The number of likely N-dealkylation sites (tertiary alicyclic amines) is 1. The Morgan fingerprint density at radius 3 is 2.81 bits per heavy atom. The Morgan fingerprint density at radius 2 is 2.24 bits per heavy atom. The predicted molar refractivity (Wildman–Crippen MR) is 80.5 cm³/mol. The van der Waals surface area contributed by atoms with Gasteiger partial charge in [-0.1, -0.05) is 6.07 Å². The summed E-state index contributed by atoms with van der Waals surface area (Å²) in [4.78, 5) is 17.8. The summed E-state index contributed by atoms with van der Waals surface area (Å²) in [6.45, 7) is 3.41. The predicted octanol–water partition coefficient (Wildman–Crippen LogP) is 1.89. The molecule has 1 aliphatic rings. The maximum absolute atomic E-state index is 11.4. The fourth-order valence-corrected chi connectivity index (χ4v) is 2.94. The van der Waals surface area contributed by atoms with Crippen molar-refractivity contribution in [2.45, 2.75) is 19.8 Å². The third-order valence-electron chi connectivity index (χ3n) is 4.16. The van der Waals surface area contributed by atoms with E-state index in [0.717, 1.165) is 37.3 Å².